The first-order chi connectivity index (χ1) is 9.49. The maximum atomic E-state index is 13.8. The van der Waals surface area contributed by atoms with Crippen molar-refractivity contribution in [2.24, 2.45) is 0 Å². The van der Waals surface area contributed by atoms with Crippen LogP contribution in [-0.2, 0) is 16.1 Å². The standard InChI is InChI=1S/C12H10F2N2O4/c1-6-2-3-7(13)10(11(6)14)12-16-15-8(20-12)4-19-5-9(17)18/h2-3H,4-5H2,1H3,(H,17,18). The lowest BCUT2D eigenvalue weighted by molar-refractivity contribution is -0.142. The van der Waals surface area contributed by atoms with Crippen LogP contribution in [-0.4, -0.2) is 27.9 Å². The van der Waals surface area contributed by atoms with Crippen LogP contribution in [0.4, 0.5) is 8.78 Å². The first kappa shape index (κ1) is 14.1. The van der Waals surface area contributed by atoms with Crippen molar-refractivity contribution in [2.75, 3.05) is 6.61 Å². The Morgan fingerprint density at radius 2 is 2.15 bits per heavy atom. The largest absolute Gasteiger partial charge is 0.480 e. The molecule has 8 heteroatoms. The van der Waals surface area contributed by atoms with E-state index in [-0.39, 0.29) is 24.0 Å². The zero-order valence-electron chi connectivity index (χ0n) is 10.4. The van der Waals surface area contributed by atoms with E-state index in [9.17, 15) is 13.6 Å². The summed E-state index contributed by atoms with van der Waals surface area (Å²) in [5.41, 5.74) is -0.176. The molecule has 0 aliphatic carbocycles. The molecule has 1 aromatic carbocycles. The van der Waals surface area contributed by atoms with E-state index in [1.165, 1.54) is 13.0 Å². The van der Waals surface area contributed by atoms with E-state index in [2.05, 4.69) is 10.2 Å². The van der Waals surface area contributed by atoms with Gasteiger partial charge >= 0.3 is 5.97 Å². The summed E-state index contributed by atoms with van der Waals surface area (Å²) < 4.78 is 37.2. The predicted molar refractivity (Wildman–Crippen MR) is 61.7 cm³/mol. The minimum atomic E-state index is -1.15. The minimum Gasteiger partial charge on any atom is -0.480 e. The lowest BCUT2D eigenvalue weighted by Crippen LogP contribution is -2.06. The predicted octanol–water partition coefficient (Wildman–Crippen LogP) is 1.92. The Hall–Kier alpha value is -2.35. The summed E-state index contributed by atoms with van der Waals surface area (Å²) in [5.74, 6) is -3.15. The molecule has 0 amide bonds. The third-order valence-corrected chi connectivity index (χ3v) is 2.42. The lowest BCUT2D eigenvalue weighted by Gasteiger charge is -2.02. The Morgan fingerprint density at radius 3 is 2.85 bits per heavy atom. The number of aromatic nitrogens is 2. The van der Waals surface area contributed by atoms with Crippen LogP contribution in [0.1, 0.15) is 11.5 Å². The van der Waals surface area contributed by atoms with Crippen LogP contribution in [0, 0.1) is 18.6 Å². The zero-order chi connectivity index (χ0) is 14.7. The summed E-state index contributed by atoms with van der Waals surface area (Å²) in [7, 11) is 0. The van der Waals surface area contributed by atoms with Crippen LogP contribution in [0.5, 0.6) is 0 Å². The van der Waals surface area contributed by atoms with Crippen molar-refractivity contribution in [1.29, 1.82) is 0 Å². The van der Waals surface area contributed by atoms with E-state index in [0.29, 0.717) is 0 Å². The quantitative estimate of drug-likeness (QED) is 0.902. The number of ether oxygens (including phenoxy) is 1. The van der Waals surface area contributed by atoms with Gasteiger partial charge in [-0.3, -0.25) is 0 Å². The molecule has 1 heterocycles. The second-order valence-electron chi connectivity index (χ2n) is 3.94. The van der Waals surface area contributed by atoms with Crippen molar-refractivity contribution in [1.82, 2.24) is 10.2 Å². The van der Waals surface area contributed by atoms with Crippen LogP contribution >= 0.6 is 0 Å². The van der Waals surface area contributed by atoms with Gasteiger partial charge in [-0.05, 0) is 18.6 Å². The van der Waals surface area contributed by atoms with Crippen molar-refractivity contribution in [2.45, 2.75) is 13.5 Å². The highest BCUT2D eigenvalue weighted by Crippen LogP contribution is 2.26. The Balaban J connectivity index is 2.21. The molecule has 1 N–H and O–H groups in total. The van der Waals surface area contributed by atoms with Crippen LogP contribution < -0.4 is 0 Å². The van der Waals surface area contributed by atoms with E-state index in [4.69, 9.17) is 14.3 Å². The molecule has 0 aliphatic heterocycles. The Bertz CT molecular complexity index is 642. The van der Waals surface area contributed by atoms with Gasteiger partial charge in [0.25, 0.3) is 5.89 Å². The van der Waals surface area contributed by atoms with Gasteiger partial charge in [0, 0.05) is 0 Å². The summed E-state index contributed by atoms with van der Waals surface area (Å²) in [6, 6.07) is 2.39. The number of hydrogen-bond acceptors (Lipinski definition) is 5. The molecule has 2 rings (SSSR count). The van der Waals surface area contributed by atoms with Crippen molar-refractivity contribution in [3.63, 3.8) is 0 Å². The van der Waals surface area contributed by atoms with Gasteiger partial charge in [0.1, 0.15) is 30.4 Å². The van der Waals surface area contributed by atoms with E-state index in [1.807, 2.05) is 0 Å². The monoisotopic (exact) mass is 284 g/mol. The number of hydrogen-bond donors (Lipinski definition) is 1. The van der Waals surface area contributed by atoms with E-state index in [0.717, 1.165) is 6.07 Å². The Morgan fingerprint density at radius 1 is 1.40 bits per heavy atom. The second kappa shape index (κ2) is 5.74. The van der Waals surface area contributed by atoms with Crippen LogP contribution in [0.2, 0.25) is 0 Å². The van der Waals surface area contributed by atoms with E-state index >= 15 is 0 Å². The SMILES string of the molecule is Cc1ccc(F)c(-c2nnc(COCC(=O)O)o2)c1F. The molecular weight excluding hydrogens is 274 g/mol. The molecule has 0 spiro atoms. The van der Waals surface area contributed by atoms with Gasteiger partial charge in [0.2, 0.25) is 5.89 Å². The van der Waals surface area contributed by atoms with Crippen molar-refractivity contribution in [3.8, 4) is 11.5 Å². The third-order valence-electron chi connectivity index (χ3n) is 2.42. The average Bonchev–Trinajstić information content (AvgIpc) is 2.83. The topological polar surface area (TPSA) is 85.5 Å². The molecule has 0 fully saturated rings. The molecule has 1 aromatic heterocycles. The van der Waals surface area contributed by atoms with Gasteiger partial charge in [0.15, 0.2) is 0 Å². The number of carboxylic acid groups (broad SMARTS) is 1. The van der Waals surface area contributed by atoms with Crippen LogP contribution in [0.3, 0.4) is 0 Å². The summed E-state index contributed by atoms with van der Waals surface area (Å²) in [6.45, 7) is 0.685. The lowest BCUT2D eigenvalue weighted by atomic mass is 10.1. The van der Waals surface area contributed by atoms with Gasteiger partial charge in [-0.25, -0.2) is 13.6 Å². The fraction of sp³-hybridized carbons (Fsp3) is 0.250. The number of halogens is 2. The maximum absolute atomic E-state index is 13.8. The van der Waals surface area contributed by atoms with E-state index < -0.39 is 29.8 Å². The molecule has 2 aromatic rings. The summed E-state index contributed by atoms with van der Waals surface area (Å²) in [5, 5.41) is 15.4. The molecule has 0 radical (unpaired) electrons. The number of rotatable bonds is 5. The van der Waals surface area contributed by atoms with Crippen LogP contribution in [0.15, 0.2) is 16.5 Å². The van der Waals surface area contributed by atoms with Crippen molar-refractivity contribution < 1.29 is 27.8 Å². The fourth-order valence-electron chi connectivity index (χ4n) is 1.49. The van der Waals surface area contributed by atoms with E-state index in [1.54, 1.807) is 0 Å². The summed E-state index contributed by atoms with van der Waals surface area (Å²) >= 11 is 0. The van der Waals surface area contributed by atoms with Gasteiger partial charge in [-0.1, -0.05) is 6.07 Å². The van der Waals surface area contributed by atoms with Crippen molar-refractivity contribution >= 4 is 5.97 Å². The minimum absolute atomic E-state index is 0.0680. The number of benzene rings is 1. The smallest absolute Gasteiger partial charge is 0.329 e. The highest BCUT2D eigenvalue weighted by Gasteiger charge is 2.19. The van der Waals surface area contributed by atoms with Gasteiger partial charge in [-0.15, -0.1) is 10.2 Å². The highest BCUT2D eigenvalue weighted by molar-refractivity contribution is 5.67. The molecule has 0 saturated heterocycles. The molecule has 0 atom stereocenters. The van der Waals surface area contributed by atoms with Gasteiger partial charge in [-0.2, -0.15) is 0 Å². The maximum Gasteiger partial charge on any atom is 0.329 e. The number of carboxylic acids is 1. The number of aryl methyl sites for hydroxylation is 1. The first-order valence-electron chi connectivity index (χ1n) is 5.56. The summed E-state index contributed by atoms with van der Waals surface area (Å²) in [4.78, 5) is 10.3. The van der Waals surface area contributed by atoms with Crippen LogP contribution in [0.25, 0.3) is 11.5 Å². The number of aliphatic carboxylic acids is 1. The summed E-state index contributed by atoms with van der Waals surface area (Å²) in [6.07, 6.45) is 0. The molecule has 20 heavy (non-hydrogen) atoms. The first-order valence-corrected chi connectivity index (χ1v) is 5.56. The molecule has 0 bridgehead atoms. The molecule has 6 nitrogen and oxygen atoms in total. The molecule has 0 saturated carbocycles. The molecule has 0 aliphatic rings. The van der Waals surface area contributed by atoms with Crippen molar-refractivity contribution in [3.05, 3.63) is 35.2 Å². The second-order valence-corrected chi connectivity index (χ2v) is 3.94. The molecular formula is C12H10F2N2O4. The third kappa shape index (κ3) is 2.97. The van der Waals surface area contributed by atoms with Gasteiger partial charge < -0.3 is 14.3 Å². The van der Waals surface area contributed by atoms with Gasteiger partial charge in [0.05, 0.1) is 0 Å². The average molecular weight is 284 g/mol. The highest BCUT2D eigenvalue weighted by atomic mass is 19.1. The Labute approximate surface area is 112 Å². The fourth-order valence-corrected chi connectivity index (χ4v) is 1.49. The zero-order valence-corrected chi connectivity index (χ0v) is 10.4. The number of carbonyl (C=O) groups is 1. The Kier molecular flexibility index (Phi) is 4.04. The number of nitrogens with zero attached hydrogens (tertiary/aromatic N) is 2. The molecule has 0 unspecified atom stereocenters. The molecule has 106 valence electrons. The normalized spacial score (nSPS) is 10.8.